The van der Waals surface area contributed by atoms with E-state index in [4.69, 9.17) is 14.2 Å². The van der Waals surface area contributed by atoms with E-state index in [1.807, 2.05) is 6.08 Å². The SMILES string of the molecule is CC/C=C\C/C=C\C/C=C\C/C=C\C/C=C\CCCCCCC(O)C(=O)NC(COC1OC(CO)C(O)C(O)C1OC(=O)CCCCCCCCCCCCCCCCCCC/C=C/CCCCCCCC)C(O)/C=C/CCCCCCCCCCCCC. The lowest BCUT2D eigenvalue weighted by Gasteiger charge is -2.41. The smallest absolute Gasteiger partial charge is 0.306 e. The predicted molar refractivity (Wildman–Crippen MR) is 375 cm³/mol. The number of carbonyl (C=O) groups is 2. The molecular weight excluding hydrogens is 1110 g/mol. The van der Waals surface area contributed by atoms with Crippen molar-refractivity contribution in [1.82, 2.24) is 5.32 Å². The van der Waals surface area contributed by atoms with Crippen LogP contribution in [0.3, 0.4) is 0 Å². The van der Waals surface area contributed by atoms with Crippen molar-refractivity contribution in [2.45, 2.75) is 384 Å². The van der Waals surface area contributed by atoms with Gasteiger partial charge in [0.25, 0.3) is 0 Å². The van der Waals surface area contributed by atoms with Crippen LogP contribution in [0.4, 0.5) is 0 Å². The Hall–Kier alpha value is -3.16. The second-order valence-electron chi connectivity index (χ2n) is 25.6. The highest BCUT2D eigenvalue weighted by molar-refractivity contribution is 5.80. The predicted octanol–water partition coefficient (Wildman–Crippen LogP) is 19.6. The van der Waals surface area contributed by atoms with Crippen LogP contribution in [-0.2, 0) is 23.8 Å². The molecule has 8 atom stereocenters. The molecule has 1 saturated heterocycles. The van der Waals surface area contributed by atoms with Crippen LogP contribution in [0.15, 0.2) is 85.1 Å². The average molecular weight is 1250 g/mol. The first-order valence-corrected chi connectivity index (χ1v) is 37.4. The number of hydrogen-bond acceptors (Lipinski definition) is 10. The fraction of sp³-hybridized carbons (Fsp3) is 0.795. The number of unbranched alkanes of at least 4 members (excludes halogenated alkanes) is 38. The van der Waals surface area contributed by atoms with Gasteiger partial charge in [-0.05, 0) is 96.3 Å². The van der Waals surface area contributed by atoms with Crippen molar-refractivity contribution >= 4 is 11.9 Å². The highest BCUT2D eigenvalue weighted by atomic mass is 16.7. The summed E-state index contributed by atoms with van der Waals surface area (Å²) in [4.78, 5) is 26.7. The first-order chi connectivity index (χ1) is 43.7. The Labute approximate surface area is 546 Å². The minimum atomic E-state index is -1.62. The maximum absolute atomic E-state index is 13.5. The molecule has 6 N–H and O–H groups in total. The number of esters is 1. The van der Waals surface area contributed by atoms with E-state index in [0.29, 0.717) is 12.8 Å². The zero-order valence-electron chi connectivity index (χ0n) is 57.5. The number of carbonyl (C=O) groups excluding carboxylic acids is 2. The standard InChI is InChI=1S/C78H139NO10/c1-4-7-10-13-16-19-22-25-27-29-31-33-34-35-36-37-38-39-41-43-45-48-51-54-57-60-63-66-73(83)89-76-75(85)74(84)72(67-80)88-78(76)87-68-69(70(81)64-61-58-55-52-49-46-24-21-18-15-12-9-6-3)79-77(86)71(82)65-62-59-56-53-50-47-44-42-40-32-30-28-26-23-20-17-14-11-8-5-2/h8,11,17,20,25-28,32,40,44,47,61,64,69-72,74-76,78,80-82,84-85H,4-7,9-10,12-16,18-19,21-24,29-31,33-39,41-43,45-46,48-60,62-63,65-68H2,1-3H3,(H,79,86)/b11-8-,20-17-,27-25+,28-26-,40-32-,47-44-,64-61+. The Morgan fingerprint density at radius 2 is 0.809 bits per heavy atom. The summed E-state index contributed by atoms with van der Waals surface area (Å²) < 4.78 is 17.7. The van der Waals surface area contributed by atoms with E-state index in [2.05, 4.69) is 99.0 Å². The molecule has 516 valence electrons. The summed E-state index contributed by atoms with van der Waals surface area (Å²) in [7, 11) is 0. The second kappa shape index (κ2) is 64.9. The second-order valence-corrected chi connectivity index (χ2v) is 25.6. The number of rotatable bonds is 64. The molecule has 0 aliphatic carbocycles. The van der Waals surface area contributed by atoms with E-state index < -0.39 is 67.4 Å². The molecule has 0 bridgehead atoms. The zero-order valence-corrected chi connectivity index (χ0v) is 57.5. The molecule has 0 aromatic carbocycles. The number of allylic oxidation sites excluding steroid dienone is 13. The van der Waals surface area contributed by atoms with Gasteiger partial charge < -0.3 is 45.1 Å². The molecule has 1 fully saturated rings. The first-order valence-electron chi connectivity index (χ1n) is 37.4. The summed E-state index contributed by atoms with van der Waals surface area (Å²) in [5.74, 6) is -1.21. The van der Waals surface area contributed by atoms with Gasteiger partial charge in [-0.3, -0.25) is 9.59 Å². The molecule has 0 radical (unpaired) electrons. The third-order valence-electron chi connectivity index (χ3n) is 17.3. The molecular formula is C78H139NO10. The molecule has 0 spiro atoms. The Bertz CT molecular complexity index is 1780. The lowest BCUT2D eigenvalue weighted by atomic mass is 9.99. The number of nitrogens with one attached hydrogen (secondary N) is 1. The largest absolute Gasteiger partial charge is 0.454 e. The van der Waals surface area contributed by atoms with Crippen LogP contribution in [0, 0.1) is 0 Å². The fourth-order valence-corrected chi connectivity index (χ4v) is 11.4. The molecule has 1 rings (SSSR count). The normalized spacial score (nSPS) is 18.6. The minimum absolute atomic E-state index is 0.121. The molecule has 11 nitrogen and oxygen atoms in total. The first kappa shape index (κ1) is 83.9. The minimum Gasteiger partial charge on any atom is -0.454 e. The monoisotopic (exact) mass is 1250 g/mol. The summed E-state index contributed by atoms with van der Waals surface area (Å²) in [5, 5.41) is 57.3. The van der Waals surface area contributed by atoms with E-state index in [1.54, 1.807) is 6.08 Å². The van der Waals surface area contributed by atoms with Crippen molar-refractivity contribution in [3.63, 3.8) is 0 Å². The fourth-order valence-electron chi connectivity index (χ4n) is 11.4. The van der Waals surface area contributed by atoms with Crippen LogP contribution in [0.5, 0.6) is 0 Å². The van der Waals surface area contributed by atoms with Crippen molar-refractivity contribution < 1.29 is 49.3 Å². The molecule has 0 saturated carbocycles. The van der Waals surface area contributed by atoms with Gasteiger partial charge in [0.15, 0.2) is 12.4 Å². The Morgan fingerprint density at radius 1 is 0.449 bits per heavy atom. The van der Waals surface area contributed by atoms with Gasteiger partial charge in [0.05, 0.1) is 25.4 Å². The lowest BCUT2D eigenvalue weighted by Crippen LogP contribution is -2.61. The van der Waals surface area contributed by atoms with Gasteiger partial charge in [-0.2, -0.15) is 0 Å². The van der Waals surface area contributed by atoms with Crippen molar-refractivity contribution in [3.05, 3.63) is 85.1 Å². The molecule has 0 aromatic rings. The molecule has 11 heteroatoms. The van der Waals surface area contributed by atoms with Gasteiger partial charge in [0, 0.05) is 6.42 Å². The number of aliphatic hydroxyl groups excluding tert-OH is 5. The summed E-state index contributed by atoms with van der Waals surface area (Å²) in [6.45, 7) is 5.70. The molecule has 1 amide bonds. The average Bonchev–Trinajstić information content (AvgIpc) is 3.14. The molecule has 1 heterocycles. The van der Waals surface area contributed by atoms with Crippen LogP contribution in [0.2, 0.25) is 0 Å². The highest BCUT2D eigenvalue weighted by Crippen LogP contribution is 2.26. The molecule has 0 aromatic heterocycles. The topological polar surface area (TPSA) is 175 Å². The van der Waals surface area contributed by atoms with E-state index in [9.17, 15) is 35.1 Å². The van der Waals surface area contributed by atoms with Crippen LogP contribution in [0.1, 0.15) is 335 Å². The Morgan fingerprint density at radius 3 is 1.22 bits per heavy atom. The highest BCUT2D eigenvalue weighted by Gasteiger charge is 2.47. The quantitative estimate of drug-likeness (QED) is 0.0195. The Kier molecular flexibility index (Phi) is 61.2. The molecule has 1 aliphatic rings. The van der Waals surface area contributed by atoms with Gasteiger partial charge in [-0.25, -0.2) is 0 Å². The van der Waals surface area contributed by atoms with Crippen LogP contribution >= 0.6 is 0 Å². The van der Waals surface area contributed by atoms with E-state index >= 15 is 0 Å². The summed E-state index contributed by atoms with van der Waals surface area (Å²) >= 11 is 0. The van der Waals surface area contributed by atoms with Crippen molar-refractivity contribution in [2.75, 3.05) is 13.2 Å². The zero-order chi connectivity index (χ0) is 64.6. The third-order valence-corrected chi connectivity index (χ3v) is 17.3. The maximum atomic E-state index is 13.5. The van der Waals surface area contributed by atoms with Gasteiger partial charge >= 0.3 is 5.97 Å². The molecule has 8 unspecified atom stereocenters. The number of amides is 1. The van der Waals surface area contributed by atoms with Crippen molar-refractivity contribution in [1.29, 1.82) is 0 Å². The van der Waals surface area contributed by atoms with Gasteiger partial charge in [0.1, 0.15) is 24.4 Å². The Balaban J connectivity index is 2.55. The number of hydrogen-bond donors (Lipinski definition) is 6. The summed E-state index contributed by atoms with van der Waals surface area (Å²) in [6, 6.07) is -1.04. The summed E-state index contributed by atoms with van der Waals surface area (Å²) in [5.41, 5.74) is 0. The van der Waals surface area contributed by atoms with Crippen LogP contribution in [0.25, 0.3) is 0 Å². The van der Waals surface area contributed by atoms with E-state index in [1.165, 1.54) is 193 Å². The molecule has 1 aliphatic heterocycles. The van der Waals surface area contributed by atoms with Crippen molar-refractivity contribution in [2.24, 2.45) is 0 Å². The summed E-state index contributed by atoms with van der Waals surface area (Å²) in [6.07, 6.45) is 76.3. The van der Waals surface area contributed by atoms with E-state index in [0.717, 1.165) is 96.3 Å². The van der Waals surface area contributed by atoms with E-state index in [-0.39, 0.29) is 19.4 Å². The van der Waals surface area contributed by atoms with Gasteiger partial charge in [-0.15, -0.1) is 0 Å². The van der Waals surface area contributed by atoms with Crippen LogP contribution < -0.4 is 5.32 Å². The van der Waals surface area contributed by atoms with Gasteiger partial charge in [0.2, 0.25) is 5.91 Å². The van der Waals surface area contributed by atoms with Crippen LogP contribution in [-0.4, -0.2) is 99.6 Å². The van der Waals surface area contributed by atoms with Crippen molar-refractivity contribution in [3.8, 4) is 0 Å². The maximum Gasteiger partial charge on any atom is 0.306 e. The third kappa shape index (κ3) is 52.0. The lowest BCUT2D eigenvalue weighted by molar-refractivity contribution is -0.305. The number of aliphatic hydroxyl groups is 5. The number of ether oxygens (including phenoxy) is 3. The molecule has 89 heavy (non-hydrogen) atoms. The van der Waals surface area contributed by atoms with Gasteiger partial charge in [-0.1, -0.05) is 318 Å².